The van der Waals surface area contributed by atoms with Crippen molar-refractivity contribution in [3.05, 3.63) is 0 Å². The molecule has 0 aromatic carbocycles. The maximum Gasteiger partial charge on any atom is 0.237 e. The molecule has 1 aliphatic rings. The maximum atomic E-state index is 12.2. The van der Waals surface area contributed by atoms with E-state index < -0.39 is 0 Å². The van der Waals surface area contributed by atoms with Gasteiger partial charge in [0.25, 0.3) is 0 Å². The van der Waals surface area contributed by atoms with E-state index in [2.05, 4.69) is 10.2 Å². The minimum Gasteiger partial charge on any atom is -0.380 e. The molecule has 1 rings (SSSR count). The summed E-state index contributed by atoms with van der Waals surface area (Å²) in [6, 6.07) is -0.0418. The number of hydrogen-bond acceptors (Lipinski definition) is 6. The standard InChI is InChI=1S/C18H34N2O5/c1-3-16(21)7-11-24-14-15-25-12-8-19-18(22)17-6-5-9-20(17)10-13-23-4-2/h17H,3-15H2,1-2H3,(H,19,22). The molecule has 1 saturated heterocycles. The maximum absolute atomic E-state index is 12.2. The van der Waals surface area contributed by atoms with Crippen LogP contribution in [0.15, 0.2) is 0 Å². The second kappa shape index (κ2) is 14.2. The molecule has 0 spiro atoms. The van der Waals surface area contributed by atoms with Crippen LogP contribution in [0.5, 0.6) is 0 Å². The average Bonchev–Trinajstić information content (AvgIpc) is 3.08. The van der Waals surface area contributed by atoms with Gasteiger partial charge in [0.05, 0.1) is 39.1 Å². The van der Waals surface area contributed by atoms with E-state index in [1.165, 1.54) is 0 Å². The molecule has 7 nitrogen and oxygen atoms in total. The van der Waals surface area contributed by atoms with E-state index in [4.69, 9.17) is 14.2 Å². The summed E-state index contributed by atoms with van der Waals surface area (Å²) in [6.45, 7) is 9.34. The summed E-state index contributed by atoms with van der Waals surface area (Å²) in [5, 5.41) is 2.94. The van der Waals surface area contributed by atoms with Gasteiger partial charge in [-0.2, -0.15) is 0 Å². The van der Waals surface area contributed by atoms with Gasteiger partial charge in [-0.1, -0.05) is 6.92 Å². The number of Topliss-reactive ketones (excluding diaryl/α,β-unsaturated/α-hetero) is 1. The Morgan fingerprint density at radius 3 is 2.52 bits per heavy atom. The van der Waals surface area contributed by atoms with Crippen LogP contribution in [-0.4, -0.2) is 81.9 Å². The highest BCUT2D eigenvalue weighted by Gasteiger charge is 2.29. The molecule has 1 unspecified atom stereocenters. The molecule has 25 heavy (non-hydrogen) atoms. The molecule has 1 amide bonds. The first-order valence-corrected chi connectivity index (χ1v) is 9.45. The van der Waals surface area contributed by atoms with Crippen LogP contribution in [0.2, 0.25) is 0 Å². The van der Waals surface area contributed by atoms with Crippen LogP contribution in [0.25, 0.3) is 0 Å². The predicted molar refractivity (Wildman–Crippen MR) is 95.7 cm³/mol. The van der Waals surface area contributed by atoms with Gasteiger partial charge in [0.2, 0.25) is 5.91 Å². The highest BCUT2D eigenvalue weighted by molar-refractivity contribution is 5.82. The number of likely N-dealkylation sites (tertiary alicyclic amines) is 1. The fraction of sp³-hybridized carbons (Fsp3) is 0.889. The third-order valence-corrected chi connectivity index (χ3v) is 4.23. The number of nitrogens with zero attached hydrogens (tertiary/aromatic N) is 1. The Hall–Kier alpha value is -1.02. The Bertz CT molecular complexity index is 378. The smallest absolute Gasteiger partial charge is 0.237 e. The number of hydrogen-bond donors (Lipinski definition) is 1. The van der Waals surface area contributed by atoms with E-state index in [0.29, 0.717) is 59.0 Å². The lowest BCUT2D eigenvalue weighted by Crippen LogP contribution is -2.45. The highest BCUT2D eigenvalue weighted by Crippen LogP contribution is 2.16. The Balaban J connectivity index is 2.00. The van der Waals surface area contributed by atoms with Gasteiger partial charge in [-0.3, -0.25) is 14.5 Å². The van der Waals surface area contributed by atoms with Gasteiger partial charge in [0.15, 0.2) is 0 Å². The molecule has 0 saturated carbocycles. The van der Waals surface area contributed by atoms with Crippen LogP contribution in [0.3, 0.4) is 0 Å². The first kappa shape index (κ1) is 22.0. The number of rotatable bonds is 15. The molecule has 1 atom stereocenters. The molecule has 0 radical (unpaired) electrons. The Kier molecular flexibility index (Phi) is 12.5. The average molecular weight is 358 g/mol. The molecule has 0 aliphatic carbocycles. The summed E-state index contributed by atoms with van der Waals surface area (Å²) in [5.41, 5.74) is 0. The predicted octanol–water partition coefficient (Wildman–Crippen LogP) is 1.01. The second-order valence-electron chi connectivity index (χ2n) is 6.05. The molecule has 1 heterocycles. The number of carbonyl (C=O) groups excluding carboxylic acids is 2. The summed E-state index contributed by atoms with van der Waals surface area (Å²) in [5.74, 6) is 0.290. The molecular formula is C18H34N2O5. The van der Waals surface area contributed by atoms with Crippen molar-refractivity contribution in [2.75, 3.05) is 59.3 Å². The summed E-state index contributed by atoms with van der Waals surface area (Å²) in [4.78, 5) is 25.5. The SMILES string of the molecule is CCOCCN1CCCC1C(=O)NCCOCCOCCC(=O)CC. The minimum atomic E-state index is -0.0418. The zero-order valence-corrected chi connectivity index (χ0v) is 15.8. The van der Waals surface area contributed by atoms with Crippen molar-refractivity contribution in [1.82, 2.24) is 10.2 Å². The van der Waals surface area contributed by atoms with Crippen LogP contribution in [0, 0.1) is 0 Å². The Morgan fingerprint density at radius 1 is 1.04 bits per heavy atom. The van der Waals surface area contributed by atoms with Crippen molar-refractivity contribution in [3.8, 4) is 0 Å². The first-order valence-electron chi connectivity index (χ1n) is 9.45. The van der Waals surface area contributed by atoms with Gasteiger partial charge >= 0.3 is 0 Å². The zero-order chi connectivity index (χ0) is 18.3. The van der Waals surface area contributed by atoms with Crippen LogP contribution in [0.4, 0.5) is 0 Å². The van der Waals surface area contributed by atoms with Gasteiger partial charge in [-0.25, -0.2) is 0 Å². The highest BCUT2D eigenvalue weighted by atomic mass is 16.5. The summed E-state index contributed by atoms with van der Waals surface area (Å²) < 4.78 is 16.1. The number of nitrogens with one attached hydrogen (secondary N) is 1. The van der Waals surface area contributed by atoms with E-state index in [0.717, 1.165) is 25.9 Å². The molecule has 0 aromatic heterocycles. The monoisotopic (exact) mass is 358 g/mol. The molecule has 146 valence electrons. The van der Waals surface area contributed by atoms with E-state index >= 15 is 0 Å². The van der Waals surface area contributed by atoms with Crippen molar-refractivity contribution in [3.63, 3.8) is 0 Å². The summed E-state index contributed by atoms with van der Waals surface area (Å²) in [7, 11) is 0. The quantitative estimate of drug-likeness (QED) is 0.440. The Morgan fingerprint density at radius 2 is 1.80 bits per heavy atom. The van der Waals surface area contributed by atoms with Gasteiger partial charge < -0.3 is 19.5 Å². The molecule has 1 aliphatic heterocycles. The third kappa shape index (κ3) is 9.89. The third-order valence-electron chi connectivity index (χ3n) is 4.23. The molecule has 1 fully saturated rings. The molecular weight excluding hydrogens is 324 g/mol. The normalized spacial score (nSPS) is 17.8. The van der Waals surface area contributed by atoms with Gasteiger partial charge in [0, 0.05) is 32.5 Å². The van der Waals surface area contributed by atoms with Crippen molar-refractivity contribution < 1.29 is 23.8 Å². The van der Waals surface area contributed by atoms with Gasteiger partial charge in [-0.05, 0) is 26.3 Å². The molecule has 0 aromatic rings. The van der Waals surface area contributed by atoms with E-state index in [1.54, 1.807) is 0 Å². The minimum absolute atomic E-state index is 0.0418. The topological polar surface area (TPSA) is 77.1 Å². The lowest BCUT2D eigenvalue weighted by Gasteiger charge is -2.23. The summed E-state index contributed by atoms with van der Waals surface area (Å²) in [6.07, 6.45) is 2.99. The van der Waals surface area contributed by atoms with Crippen molar-refractivity contribution >= 4 is 11.7 Å². The van der Waals surface area contributed by atoms with Crippen LogP contribution >= 0.6 is 0 Å². The fourth-order valence-electron chi connectivity index (χ4n) is 2.77. The van der Waals surface area contributed by atoms with E-state index in [-0.39, 0.29) is 17.7 Å². The number of ketones is 1. The van der Waals surface area contributed by atoms with E-state index in [1.807, 2.05) is 13.8 Å². The number of ether oxygens (including phenoxy) is 3. The van der Waals surface area contributed by atoms with Crippen molar-refractivity contribution in [2.24, 2.45) is 0 Å². The van der Waals surface area contributed by atoms with Gasteiger partial charge in [0.1, 0.15) is 5.78 Å². The molecule has 7 heteroatoms. The summed E-state index contributed by atoms with van der Waals surface area (Å²) >= 11 is 0. The lowest BCUT2D eigenvalue weighted by molar-refractivity contribution is -0.126. The van der Waals surface area contributed by atoms with E-state index in [9.17, 15) is 9.59 Å². The Labute approximate surface area is 151 Å². The van der Waals surface area contributed by atoms with Crippen LogP contribution in [-0.2, 0) is 23.8 Å². The lowest BCUT2D eigenvalue weighted by atomic mass is 10.2. The molecule has 1 N–H and O–H groups in total. The fourth-order valence-corrected chi connectivity index (χ4v) is 2.77. The largest absolute Gasteiger partial charge is 0.380 e. The number of carbonyl (C=O) groups is 2. The van der Waals surface area contributed by atoms with Crippen molar-refractivity contribution in [2.45, 2.75) is 45.6 Å². The second-order valence-corrected chi connectivity index (χ2v) is 6.05. The zero-order valence-electron chi connectivity index (χ0n) is 15.8. The molecule has 0 bridgehead atoms. The van der Waals surface area contributed by atoms with Crippen molar-refractivity contribution in [1.29, 1.82) is 0 Å². The number of amides is 1. The van der Waals surface area contributed by atoms with Crippen LogP contribution in [0.1, 0.15) is 39.5 Å². The van der Waals surface area contributed by atoms with Crippen LogP contribution < -0.4 is 5.32 Å². The van der Waals surface area contributed by atoms with Gasteiger partial charge in [-0.15, -0.1) is 0 Å². The first-order chi connectivity index (χ1) is 12.2.